The van der Waals surface area contributed by atoms with Crippen molar-refractivity contribution in [2.45, 2.75) is 13.0 Å². The highest BCUT2D eigenvalue weighted by atomic mass is 35.5. The number of aromatic nitrogens is 4. The van der Waals surface area contributed by atoms with E-state index in [0.717, 1.165) is 11.1 Å². The molecule has 8 heteroatoms. The molecule has 3 heterocycles. The summed E-state index contributed by atoms with van der Waals surface area (Å²) in [6.45, 7) is 1.78. The molecule has 4 rings (SSSR count). The predicted octanol–water partition coefficient (Wildman–Crippen LogP) is 2.77. The summed E-state index contributed by atoms with van der Waals surface area (Å²) < 4.78 is 1.64. The van der Waals surface area contributed by atoms with E-state index in [1.807, 2.05) is 30.3 Å². The van der Waals surface area contributed by atoms with Crippen LogP contribution in [0.1, 0.15) is 18.5 Å². The number of hydrogen-bond donors (Lipinski definition) is 2. The Hall–Kier alpha value is -3.19. The van der Waals surface area contributed by atoms with Gasteiger partial charge in [0, 0.05) is 34.2 Å². The second-order valence-electron chi connectivity index (χ2n) is 5.90. The molecule has 0 aliphatic carbocycles. The fourth-order valence-electron chi connectivity index (χ4n) is 3.07. The highest BCUT2D eigenvalue weighted by Crippen LogP contribution is 2.38. The number of amides is 1. The molecule has 1 aromatic carbocycles. The zero-order chi connectivity index (χ0) is 18.3. The molecule has 3 N–H and O–H groups in total. The van der Waals surface area contributed by atoms with Gasteiger partial charge in [0.1, 0.15) is 6.04 Å². The Morgan fingerprint density at radius 3 is 2.77 bits per heavy atom. The fourth-order valence-corrected chi connectivity index (χ4v) is 3.31. The smallest absolute Gasteiger partial charge is 0.248 e. The SMILES string of the molecule is CC1=C(C(N)=O)[C@H](c2ccccc2Cl)n2nc(-c3cccnc3)nc2N1. The molecule has 0 unspecified atom stereocenters. The van der Waals surface area contributed by atoms with E-state index < -0.39 is 11.9 Å². The molecule has 0 fully saturated rings. The Morgan fingerprint density at radius 2 is 2.08 bits per heavy atom. The van der Waals surface area contributed by atoms with Crippen LogP contribution in [-0.2, 0) is 4.79 Å². The van der Waals surface area contributed by atoms with E-state index >= 15 is 0 Å². The van der Waals surface area contributed by atoms with Crippen LogP contribution in [0, 0.1) is 0 Å². The molecule has 2 aromatic heterocycles. The minimum atomic E-state index is -0.560. The summed E-state index contributed by atoms with van der Waals surface area (Å²) in [5, 5.41) is 8.22. The number of hydrogen-bond acceptors (Lipinski definition) is 5. The molecule has 0 spiro atoms. The number of rotatable bonds is 3. The van der Waals surface area contributed by atoms with Crippen LogP contribution >= 0.6 is 11.6 Å². The summed E-state index contributed by atoms with van der Waals surface area (Å²) in [6.07, 6.45) is 3.36. The molecule has 0 bridgehead atoms. The lowest BCUT2D eigenvalue weighted by Crippen LogP contribution is -2.32. The van der Waals surface area contributed by atoms with Crippen molar-refractivity contribution >= 4 is 23.5 Å². The highest BCUT2D eigenvalue weighted by molar-refractivity contribution is 6.31. The van der Waals surface area contributed by atoms with Crippen molar-refractivity contribution in [1.82, 2.24) is 19.7 Å². The highest BCUT2D eigenvalue weighted by Gasteiger charge is 2.34. The van der Waals surface area contributed by atoms with Gasteiger partial charge in [-0.3, -0.25) is 9.78 Å². The third-order valence-electron chi connectivity index (χ3n) is 4.24. The lowest BCUT2D eigenvalue weighted by molar-refractivity contribution is -0.115. The van der Waals surface area contributed by atoms with Gasteiger partial charge in [-0.15, -0.1) is 5.10 Å². The molecule has 1 atom stereocenters. The number of carbonyl (C=O) groups excluding carboxylic acids is 1. The maximum absolute atomic E-state index is 12.2. The Kier molecular flexibility index (Phi) is 3.93. The monoisotopic (exact) mass is 366 g/mol. The molecule has 1 aliphatic rings. The van der Waals surface area contributed by atoms with Crippen molar-refractivity contribution < 1.29 is 4.79 Å². The molecule has 1 aliphatic heterocycles. The summed E-state index contributed by atoms with van der Waals surface area (Å²) in [4.78, 5) is 20.8. The summed E-state index contributed by atoms with van der Waals surface area (Å²) in [5.74, 6) is 0.469. The lowest BCUT2D eigenvalue weighted by atomic mass is 9.95. The van der Waals surface area contributed by atoms with Crippen molar-refractivity contribution in [2.75, 3.05) is 5.32 Å². The first-order chi connectivity index (χ1) is 12.6. The van der Waals surface area contributed by atoms with E-state index in [4.69, 9.17) is 17.3 Å². The zero-order valence-corrected chi connectivity index (χ0v) is 14.6. The Balaban J connectivity index is 1.92. The van der Waals surface area contributed by atoms with Crippen LogP contribution in [0.25, 0.3) is 11.4 Å². The molecule has 130 valence electrons. The van der Waals surface area contributed by atoms with Crippen molar-refractivity contribution in [3.63, 3.8) is 0 Å². The topological polar surface area (TPSA) is 98.7 Å². The van der Waals surface area contributed by atoms with E-state index in [0.29, 0.717) is 28.1 Å². The first kappa shape index (κ1) is 16.3. The number of anilines is 1. The van der Waals surface area contributed by atoms with Gasteiger partial charge in [0.05, 0.1) is 5.57 Å². The number of halogens is 1. The maximum Gasteiger partial charge on any atom is 0.248 e. The molecule has 26 heavy (non-hydrogen) atoms. The van der Waals surface area contributed by atoms with Gasteiger partial charge in [-0.2, -0.15) is 4.98 Å². The molecular formula is C18H15ClN6O. The number of carbonyl (C=O) groups is 1. The van der Waals surface area contributed by atoms with Crippen LogP contribution in [0.15, 0.2) is 60.1 Å². The van der Waals surface area contributed by atoms with Gasteiger partial charge in [0.15, 0.2) is 5.82 Å². The summed E-state index contributed by atoms with van der Waals surface area (Å²) in [7, 11) is 0. The standard InChI is InChI=1S/C18H15ClN6O/c1-10-14(16(20)26)15(12-6-2-3-7-13(12)19)25-18(22-10)23-17(24-25)11-5-4-8-21-9-11/h2-9,15H,1H3,(H2,20,26)(H,22,23,24)/t15-/m0/s1. The number of fused-ring (bicyclic) bond motifs is 1. The average Bonchev–Trinajstić information content (AvgIpc) is 3.05. The minimum Gasteiger partial charge on any atom is -0.366 e. The van der Waals surface area contributed by atoms with Crippen LogP contribution in [0.5, 0.6) is 0 Å². The van der Waals surface area contributed by atoms with Crippen molar-refractivity contribution in [1.29, 1.82) is 0 Å². The van der Waals surface area contributed by atoms with Gasteiger partial charge < -0.3 is 11.1 Å². The van der Waals surface area contributed by atoms with Crippen LogP contribution in [-0.4, -0.2) is 25.7 Å². The number of benzene rings is 1. The van der Waals surface area contributed by atoms with E-state index in [9.17, 15) is 4.79 Å². The van der Waals surface area contributed by atoms with Gasteiger partial charge in [0.2, 0.25) is 11.9 Å². The van der Waals surface area contributed by atoms with E-state index in [1.165, 1.54) is 0 Å². The van der Waals surface area contributed by atoms with Crippen LogP contribution < -0.4 is 11.1 Å². The van der Waals surface area contributed by atoms with Crippen molar-refractivity contribution in [3.05, 3.63) is 70.6 Å². The van der Waals surface area contributed by atoms with E-state index in [1.54, 1.807) is 30.1 Å². The Bertz CT molecular complexity index is 1030. The second kappa shape index (κ2) is 6.27. The van der Waals surface area contributed by atoms with Crippen molar-refractivity contribution in [3.8, 4) is 11.4 Å². The largest absolute Gasteiger partial charge is 0.366 e. The Labute approximate surface area is 154 Å². The number of primary amides is 1. The summed E-state index contributed by atoms with van der Waals surface area (Å²) in [6, 6.07) is 10.4. The number of nitrogens with zero attached hydrogens (tertiary/aromatic N) is 4. The molecule has 0 radical (unpaired) electrons. The fraction of sp³-hybridized carbons (Fsp3) is 0.111. The van der Waals surface area contributed by atoms with E-state index in [-0.39, 0.29) is 0 Å². The van der Waals surface area contributed by atoms with Gasteiger partial charge in [-0.1, -0.05) is 29.8 Å². The average molecular weight is 367 g/mol. The van der Waals surface area contributed by atoms with Gasteiger partial charge in [0.25, 0.3) is 0 Å². The van der Waals surface area contributed by atoms with Gasteiger partial charge in [-0.05, 0) is 25.1 Å². The number of nitrogens with one attached hydrogen (secondary N) is 1. The molecule has 7 nitrogen and oxygen atoms in total. The molecule has 3 aromatic rings. The molecule has 0 saturated heterocycles. The number of nitrogens with two attached hydrogens (primary N) is 1. The molecular weight excluding hydrogens is 352 g/mol. The quantitative estimate of drug-likeness (QED) is 0.742. The maximum atomic E-state index is 12.2. The molecule has 1 amide bonds. The van der Waals surface area contributed by atoms with Gasteiger partial charge in [-0.25, -0.2) is 4.68 Å². The zero-order valence-electron chi connectivity index (χ0n) is 13.8. The van der Waals surface area contributed by atoms with Crippen LogP contribution in [0.3, 0.4) is 0 Å². The van der Waals surface area contributed by atoms with E-state index in [2.05, 4.69) is 20.4 Å². The lowest BCUT2D eigenvalue weighted by Gasteiger charge is -2.28. The third kappa shape index (κ3) is 2.62. The number of pyridine rings is 1. The summed E-state index contributed by atoms with van der Waals surface area (Å²) >= 11 is 6.40. The first-order valence-corrected chi connectivity index (χ1v) is 8.33. The number of allylic oxidation sites excluding steroid dienone is 1. The van der Waals surface area contributed by atoms with Crippen LogP contribution in [0.2, 0.25) is 5.02 Å². The first-order valence-electron chi connectivity index (χ1n) is 7.95. The van der Waals surface area contributed by atoms with Crippen LogP contribution in [0.4, 0.5) is 5.95 Å². The summed E-state index contributed by atoms with van der Waals surface area (Å²) in [5.41, 5.74) is 8.18. The third-order valence-corrected chi connectivity index (χ3v) is 4.58. The normalized spacial score (nSPS) is 16.2. The van der Waals surface area contributed by atoms with Crippen molar-refractivity contribution in [2.24, 2.45) is 5.73 Å². The second-order valence-corrected chi connectivity index (χ2v) is 6.30. The van der Waals surface area contributed by atoms with Gasteiger partial charge >= 0.3 is 0 Å². The Morgan fingerprint density at radius 1 is 1.27 bits per heavy atom. The molecule has 0 saturated carbocycles. The predicted molar refractivity (Wildman–Crippen MR) is 98.4 cm³/mol. The minimum absolute atomic E-state index is 0.397.